The summed E-state index contributed by atoms with van der Waals surface area (Å²) < 4.78 is 12.3. The number of amides is 2. The van der Waals surface area contributed by atoms with Crippen LogP contribution in [0.5, 0.6) is 0 Å². The van der Waals surface area contributed by atoms with Gasteiger partial charge in [-0.15, -0.1) is 0 Å². The van der Waals surface area contributed by atoms with Crippen LogP contribution in [-0.2, 0) is 32.7 Å². The predicted molar refractivity (Wildman–Crippen MR) is 107 cm³/mol. The van der Waals surface area contributed by atoms with E-state index in [0.29, 0.717) is 32.8 Å². The number of imidazole rings is 1. The number of piperazine rings is 1. The van der Waals surface area contributed by atoms with Crippen molar-refractivity contribution in [3.05, 3.63) is 18.2 Å². The minimum absolute atomic E-state index is 0.170. The molecule has 0 unspecified atom stereocenters. The first-order chi connectivity index (χ1) is 14.5. The van der Waals surface area contributed by atoms with Crippen LogP contribution in [0.25, 0.3) is 0 Å². The van der Waals surface area contributed by atoms with Crippen LogP contribution in [-0.4, -0.2) is 94.7 Å². The summed E-state index contributed by atoms with van der Waals surface area (Å²) in [6, 6.07) is 0. The van der Waals surface area contributed by atoms with Crippen molar-refractivity contribution in [1.29, 1.82) is 0 Å². The molecule has 2 fully saturated rings. The molecule has 1 aromatic heterocycles. The molecule has 10 nitrogen and oxygen atoms in total. The Morgan fingerprint density at radius 2 is 1.70 bits per heavy atom. The molecule has 3 rings (SSSR count). The van der Waals surface area contributed by atoms with Gasteiger partial charge in [0.15, 0.2) is 6.61 Å². The van der Waals surface area contributed by atoms with Crippen molar-refractivity contribution in [1.82, 2.24) is 24.3 Å². The van der Waals surface area contributed by atoms with E-state index in [1.54, 1.807) is 22.9 Å². The number of ether oxygens (including phenoxy) is 2. The van der Waals surface area contributed by atoms with E-state index >= 15 is 0 Å². The van der Waals surface area contributed by atoms with Crippen LogP contribution in [0.3, 0.4) is 0 Å². The molecule has 0 atom stereocenters. The minimum atomic E-state index is -0.356. The maximum atomic E-state index is 12.4. The van der Waals surface area contributed by atoms with E-state index in [9.17, 15) is 14.4 Å². The van der Waals surface area contributed by atoms with Crippen LogP contribution < -0.4 is 0 Å². The number of rotatable bonds is 6. The highest BCUT2D eigenvalue weighted by atomic mass is 16.6. The molecule has 0 bridgehead atoms. The van der Waals surface area contributed by atoms with Crippen molar-refractivity contribution < 1.29 is 23.9 Å². The summed E-state index contributed by atoms with van der Waals surface area (Å²) >= 11 is 0. The molecule has 2 aliphatic heterocycles. The van der Waals surface area contributed by atoms with Gasteiger partial charge in [-0.3, -0.25) is 14.5 Å². The quantitative estimate of drug-likeness (QED) is 0.616. The van der Waals surface area contributed by atoms with Crippen LogP contribution in [0.15, 0.2) is 12.4 Å². The minimum Gasteiger partial charge on any atom is -0.455 e. The summed E-state index contributed by atoms with van der Waals surface area (Å²) in [5, 5.41) is 0. The predicted octanol–water partition coefficient (Wildman–Crippen LogP) is 0.476. The van der Waals surface area contributed by atoms with Gasteiger partial charge in [-0.25, -0.2) is 9.78 Å². The lowest BCUT2D eigenvalue weighted by molar-refractivity contribution is -0.157. The van der Waals surface area contributed by atoms with E-state index in [2.05, 4.69) is 9.88 Å². The maximum Gasteiger partial charge on any atom is 0.409 e. The van der Waals surface area contributed by atoms with E-state index < -0.39 is 0 Å². The Labute approximate surface area is 176 Å². The zero-order chi connectivity index (χ0) is 21.5. The van der Waals surface area contributed by atoms with Gasteiger partial charge in [0.2, 0.25) is 0 Å². The molecule has 2 aliphatic rings. The monoisotopic (exact) mass is 421 g/mol. The standard InChI is InChI=1S/C20H31N5O5/c1-3-29-20(28)25-12-10-24(11-13-25)18(26)15-30-19(27)16-4-7-23(8-5-16)14-17-21-6-9-22(17)2/h6,9,16H,3-5,7-8,10-15H2,1-2H3. The van der Waals surface area contributed by atoms with Crippen molar-refractivity contribution in [3.8, 4) is 0 Å². The molecular weight excluding hydrogens is 390 g/mol. The summed E-state index contributed by atoms with van der Waals surface area (Å²) in [4.78, 5) is 46.3. The molecule has 0 radical (unpaired) electrons. The molecule has 2 saturated heterocycles. The number of aromatic nitrogens is 2. The van der Waals surface area contributed by atoms with Crippen molar-refractivity contribution in [2.75, 3.05) is 52.5 Å². The zero-order valence-corrected chi connectivity index (χ0v) is 17.8. The van der Waals surface area contributed by atoms with Gasteiger partial charge in [0.1, 0.15) is 5.82 Å². The first kappa shape index (κ1) is 22.1. The van der Waals surface area contributed by atoms with Gasteiger partial charge >= 0.3 is 12.1 Å². The molecule has 10 heteroatoms. The molecule has 30 heavy (non-hydrogen) atoms. The highest BCUT2D eigenvalue weighted by Gasteiger charge is 2.29. The Kier molecular flexibility index (Phi) is 7.67. The number of aryl methyl sites for hydroxylation is 1. The van der Waals surface area contributed by atoms with Crippen molar-refractivity contribution in [3.63, 3.8) is 0 Å². The van der Waals surface area contributed by atoms with E-state index in [4.69, 9.17) is 9.47 Å². The van der Waals surface area contributed by atoms with Crippen LogP contribution >= 0.6 is 0 Å². The van der Waals surface area contributed by atoms with Gasteiger partial charge in [-0.05, 0) is 32.9 Å². The number of piperidine rings is 1. The molecule has 3 heterocycles. The number of likely N-dealkylation sites (tertiary alicyclic amines) is 1. The van der Waals surface area contributed by atoms with Crippen LogP contribution in [0.4, 0.5) is 4.79 Å². The SMILES string of the molecule is CCOC(=O)N1CCN(C(=O)COC(=O)C2CCN(Cc3nccn3C)CC2)CC1. The van der Waals surface area contributed by atoms with Crippen molar-refractivity contribution in [2.24, 2.45) is 13.0 Å². The Balaban J connectivity index is 1.34. The largest absolute Gasteiger partial charge is 0.455 e. The third-order valence-corrected chi connectivity index (χ3v) is 5.70. The summed E-state index contributed by atoms with van der Waals surface area (Å²) in [6.07, 6.45) is 4.79. The second-order valence-electron chi connectivity index (χ2n) is 7.68. The first-order valence-electron chi connectivity index (χ1n) is 10.5. The van der Waals surface area contributed by atoms with Crippen LogP contribution in [0.2, 0.25) is 0 Å². The maximum absolute atomic E-state index is 12.4. The second kappa shape index (κ2) is 10.4. The number of hydrogen-bond donors (Lipinski definition) is 0. The smallest absolute Gasteiger partial charge is 0.409 e. The van der Waals surface area contributed by atoms with Gasteiger partial charge in [0.05, 0.1) is 19.1 Å². The van der Waals surface area contributed by atoms with E-state index in [1.165, 1.54) is 0 Å². The number of carbonyl (C=O) groups excluding carboxylic acids is 3. The Morgan fingerprint density at radius 3 is 2.30 bits per heavy atom. The van der Waals surface area contributed by atoms with Gasteiger partial charge in [-0.1, -0.05) is 0 Å². The molecule has 0 spiro atoms. The van der Waals surface area contributed by atoms with Crippen molar-refractivity contribution in [2.45, 2.75) is 26.3 Å². The Bertz CT molecular complexity index is 736. The van der Waals surface area contributed by atoms with E-state index in [0.717, 1.165) is 38.3 Å². The van der Waals surface area contributed by atoms with Gasteiger partial charge < -0.3 is 23.8 Å². The lowest BCUT2D eigenvalue weighted by atomic mass is 9.97. The molecule has 0 aromatic carbocycles. The summed E-state index contributed by atoms with van der Waals surface area (Å²) in [5.74, 6) is 0.310. The van der Waals surface area contributed by atoms with E-state index in [-0.39, 0.29) is 30.5 Å². The molecule has 1 aromatic rings. The fourth-order valence-electron chi connectivity index (χ4n) is 3.77. The molecule has 2 amide bonds. The Hall–Kier alpha value is -2.62. The Morgan fingerprint density at radius 1 is 1.03 bits per heavy atom. The lowest BCUT2D eigenvalue weighted by Gasteiger charge is -2.34. The topological polar surface area (TPSA) is 97.2 Å². The summed E-state index contributed by atoms with van der Waals surface area (Å²) in [7, 11) is 1.97. The first-order valence-corrected chi connectivity index (χ1v) is 10.5. The van der Waals surface area contributed by atoms with Gasteiger partial charge in [0.25, 0.3) is 5.91 Å². The summed E-state index contributed by atoms with van der Waals surface area (Å²) in [5.41, 5.74) is 0. The van der Waals surface area contributed by atoms with Crippen LogP contribution in [0, 0.1) is 5.92 Å². The van der Waals surface area contributed by atoms with Gasteiger partial charge in [0, 0.05) is 45.6 Å². The molecular formula is C20H31N5O5. The fourth-order valence-corrected chi connectivity index (χ4v) is 3.77. The van der Waals surface area contributed by atoms with Crippen LogP contribution in [0.1, 0.15) is 25.6 Å². The summed E-state index contributed by atoms with van der Waals surface area (Å²) in [6.45, 7) is 5.90. The number of carbonyl (C=O) groups is 3. The zero-order valence-electron chi connectivity index (χ0n) is 17.8. The fraction of sp³-hybridized carbons (Fsp3) is 0.700. The highest BCUT2D eigenvalue weighted by molar-refractivity contribution is 5.81. The normalized spacial score (nSPS) is 18.3. The molecule has 0 N–H and O–H groups in total. The molecule has 166 valence electrons. The average molecular weight is 421 g/mol. The highest BCUT2D eigenvalue weighted by Crippen LogP contribution is 2.20. The third kappa shape index (κ3) is 5.71. The van der Waals surface area contributed by atoms with E-state index in [1.807, 2.05) is 17.8 Å². The van der Waals surface area contributed by atoms with Crippen molar-refractivity contribution >= 4 is 18.0 Å². The number of nitrogens with zero attached hydrogens (tertiary/aromatic N) is 5. The van der Waals surface area contributed by atoms with Gasteiger partial charge in [-0.2, -0.15) is 0 Å². The second-order valence-corrected chi connectivity index (χ2v) is 7.68. The number of esters is 1. The third-order valence-electron chi connectivity index (χ3n) is 5.70. The molecule has 0 saturated carbocycles. The average Bonchev–Trinajstić information content (AvgIpc) is 3.17. The lowest BCUT2D eigenvalue weighted by Crippen LogP contribution is -2.51. The molecule has 0 aliphatic carbocycles. The number of hydrogen-bond acceptors (Lipinski definition) is 7.